The fourth-order valence-electron chi connectivity index (χ4n) is 2.37. The zero-order valence-electron chi connectivity index (χ0n) is 18.1. The van der Waals surface area contributed by atoms with Crippen LogP contribution in [0.5, 0.6) is 0 Å². The first-order valence-electron chi connectivity index (χ1n) is 9.17. The van der Waals surface area contributed by atoms with E-state index in [0.29, 0.717) is 6.42 Å². The number of carboxylic acids is 2. The van der Waals surface area contributed by atoms with E-state index in [1.165, 1.54) is 38.5 Å². The van der Waals surface area contributed by atoms with Gasteiger partial charge in [-0.3, -0.25) is 18.7 Å². The van der Waals surface area contributed by atoms with Crippen molar-refractivity contribution >= 4 is 32.2 Å². The predicted octanol–water partition coefficient (Wildman–Crippen LogP) is -0.286. The van der Waals surface area contributed by atoms with Crippen molar-refractivity contribution in [1.29, 1.82) is 0 Å². The maximum absolute atomic E-state index is 10.8. The van der Waals surface area contributed by atoms with Crippen LogP contribution in [0.15, 0.2) is 0 Å². The Morgan fingerprint density at radius 2 is 1.17 bits per heavy atom. The van der Waals surface area contributed by atoms with Gasteiger partial charge in [-0.2, -0.15) is 16.8 Å². The van der Waals surface area contributed by atoms with Crippen LogP contribution in [-0.4, -0.2) is 59.1 Å². The summed E-state index contributed by atoms with van der Waals surface area (Å²) in [5.74, 6) is -4.26. The Kier molecular flexibility index (Phi) is 21.3. The first-order valence-corrected chi connectivity index (χ1v) is 12.3. The van der Waals surface area contributed by atoms with Gasteiger partial charge >= 0.3 is 41.5 Å². The Labute approximate surface area is 196 Å². The van der Waals surface area contributed by atoms with Crippen LogP contribution in [0.1, 0.15) is 79.0 Å². The standard InChI is InChI=1S/C14H28O5S.C2H4O5S.Na.H/c1-2-3-4-5-6-7-8-9-10-11-12-13(14(15)16)20(17,18)19;3-2(4)1-8(5,6)7;;/h13H,2-12H2,1H3,(H,15,16)(H,17,18,19);1H2,(H,3,4)(H,5,6,7);;/q;;+1;-1. The summed E-state index contributed by atoms with van der Waals surface area (Å²) in [6.45, 7) is 2.19. The molecular formula is C16H33NaO10S2. The van der Waals surface area contributed by atoms with Crippen molar-refractivity contribution in [2.75, 3.05) is 5.75 Å². The number of carboxylic acid groups (broad SMARTS) is 2. The van der Waals surface area contributed by atoms with Gasteiger partial charge in [0.25, 0.3) is 20.2 Å². The number of carbonyl (C=O) groups is 2. The minimum atomic E-state index is -4.47. The van der Waals surface area contributed by atoms with Crippen LogP contribution >= 0.6 is 0 Å². The summed E-state index contributed by atoms with van der Waals surface area (Å²) in [5.41, 5.74) is 0. The molecule has 0 saturated heterocycles. The fraction of sp³-hybridized carbons (Fsp3) is 0.875. The Hall–Kier alpha value is -0.240. The molecule has 1 atom stereocenters. The van der Waals surface area contributed by atoms with E-state index in [1.807, 2.05) is 0 Å². The summed E-state index contributed by atoms with van der Waals surface area (Å²) >= 11 is 0. The summed E-state index contributed by atoms with van der Waals surface area (Å²) in [4.78, 5) is 20.2. The quantitative estimate of drug-likeness (QED) is 0.140. The van der Waals surface area contributed by atoms with Gasteiger partial charge in [-0.15, -0.1) is 0 Å². The molecule has 0 spiro atoms. The van der Waals surface area contributed by atoms with Gasteiger partial charge < -0.3 is 11.6 Å². The van der Waals surface area contributed by atoms with Crippen LogP contribution in [0.25, 0.3) is 0 Å². The van der Waals surface area contributed by atoms with Crippen LogP contribution in [0.4, 0.5) is 0 Å². The fourth-order valence-corrected chi connectivity index (χ4v) is 3.40. The summed E-state index contributed by atoms with van der Waals surface area (Å²) < 4.78 is 57.5. The smallest absolute Gasteiger partial charge is 1.00 e. The summed E-state index contributed by atoms with van der Waals surface area (Å²) in [7, 11) is -8.80. The van der Waals surface area contributed by atoms with Gasteiger partial charge in [0.2, 0.25) is 0 Å². The van der Waals surface area contributed by atoms with E-state index in [1.54, 1.807) is 0 Å². The average Bonchev–Trinajstić information content (AvgIpc) is 2.49. The maximum atomic E-state index is 10.8. The van der Waals surface area contributed by atoms with E-state index < -0.39 is 43.2 Å². The second-order valence-electron chi connectivity index (χ2n) is 6.43. The third-order valence-corrected chi connectivity index (χ3v) is 5.53. The molecule has 0 aliphatic rings. The van der Waals surface area contributed by atoms with Crippen molar-refractivity contribution in [3.05, 3.63) is 0 Å². The number of hydrogen-bond donors (Lipinski definition) is 4. The van der Waals surface area contributed by atoms with Crippen molar-refractivity contribution in [1.82, 2.24) is 0 Å². The third kappa shape index (κ3) is 25.7. The monoisotopic (exact) mass is 472 g/mol. The van der Waals surface area contributed by atoms with E-state index in [4.69, 9.17) is 19.3 Å². The van der Waals surface area contributed by atoms with Gasteiger partial charge in [-0.25, -0.2) is 0 Å². The van der Waals surface area contributed by atoms with Crippen LogP contribution in [-0.2, 0) is 29.8 Å². The van der Waals surface area contributed by atoms with Gasteiger partial charge in [0, 0.05) is 0 Å². The van der Waals surface area contributed by atoms with Crippen molar-refractivity contribution in [2.24, 2.45) is 0 Å². The molecule has 4 N–H and O–H groups in total. The first kappa shape index (κ1) is 33.4. The molecule has 0 aromatic rings. The molecule has 10 nitrogen and oxygen atoms in total. The third-order valence-electron chi connectivity index (χ3n) is 3.76. The number of rotatable bonds is 15. The van der Waals surface area contributed by atoms with Crippen molar-refractivity contribution in [2.45, 2.75) is 82.8 Å². The summed E-state index contributed by atoms with van der Waals surface area (Å²) in [6.07, 6.45) is 11.0. The van der Waals surface area contributed by atoms with E-state index in [0.717, 1.165) is 19.3 Å². The van der Waals surface area contributed by atoms with E-state index in [2.05, 4.69) is 6.92 Å². The zero-order chi connectivity index (χ0) is 22.2. The van der Waals surface area contributed by atoms with Gasteiger partial charge in [0.05, 0.1) is 0 Å². The molecule has 170 valence electrons. The largest absolute Gasteiger partial charge is 1.00 e. The molecule has 0 aliphatic carbocycles. The zero-order valence-corrected chi connectivity index (χ0v) is 20.8. The maximum Gasteiger partial charge on any atom is 1.00 e. The topological polar surface area (TPSA) is 183 Å². The first-order chi connectivity index (χ1) is 12.8. The van der Waals surface area contributed by atoms with Crippen LogP contribution in [0.3, 0.4) is 0 Å². The Balaban J connectivity index is -0.000000288. The molecule has 0 aromatic carbocycles. The van der Waals surface area contributed by atoms with Crippen LogP contribution in [0, 0.1) is 0 Å². The average molecular weight is 473 g/mol. The molecule has 0 rings (SSSR count). The van der Waals surface area contributed by atoms with E-state index >= 15 is 0 Å². The summed E-state index contributed by atoms with van der Waals surface area (Å²) in [5, 5.41) is 14.8. The molecule has 0 amide bonds. The van der Waals surface area contributed by atoms with Crippen molar-refractivity contribution < 1.29 is 76.7 Å². The Bertz CT molecular complexity index is 653. The molecule has 0 aromatic heterocycles. The van der Waals surface area contributed by atoms with Crippen molar-refractivity contribution in [3.8, 4) is 0 Å². The predicted molar refractivity (Wildman–Crippen MR) is 105 cm³/mol. The van der Waals surface area contributed by atoms with Gasteiger partial charge in [-0.05, 0) is 6.42 Å². The molecule has 13 heteroatoms. The Morgan fingerprint density at radius 3 is 1.41 bits per heavy atom. The van der Waals surface area contributed by atoms with Gasteiger partial charge in [0.1, 0.15) is 0 Å². The minimum Gasteiger partial charge on any atom is -1.00 e. The van der Waals surface area contributed by atoms with Gasteiger partial charge in [0.15, 0.2) is 11.0 Å². The number of unbranched alkanes of at least 4 members (excludes halogenated alkanes) is 9. The molecule has 29 heavy (non-hydrogen) atoms. The second-order valence-corrected chi connectivity index (χ2v) is 9.48. The Morgan fingerprint density at radius 1 is 0.793 bits per heavy atom. The van der Waals surface area contributed by atoms with Crippen molar-refractivity contribution in [3.63, 3.8) is 0 Å². The number of hydrogen-bond acceptors (Lipinski definition) is 6. The molecule has 1 unspecified atom stereocenters. The molecule has 0 radical (unpaired) electrons. The minimum absolute atomic E-state index is 0. The SMILES string of the molecule is CCCCCCCCCCCCC(C(=O)O)S(=O)(=O)O.O=C(O)CS(=O)(=O)O.[H-].[Na+]. The van der Waals surface area contributed by atoms with E-state index in [9.17, 15) is 26.4 Å². The molecule has 0 heterocycles. The summed E-state index contributed by atoms with van der Waals surface area (Å²) in [6, 6.07) is 0. The molecular weight excluding hydrogens is 439 g/mol. The molecule has 0 bridgehead atoms. The molecule has 0 aliphatic heterocycles. The van der Waals surface area contributed by atoms with Crippen LogP contribution in [0.2, 0.25) is 0 Å². The molecule has 0 fully saturated rings. The van der Waals surface area contributed by atoms with E-state index in [-0.39, 0.29) is 37.4 Å². The second kappa shape index (κ2) is 18.5. The van der Waals surface area contributed by atoms with Crippen LogP contribution < -0.4 is 29.6 Å². The van der Waals surface area contributed by atoms with Gasteiger partial charge in [-0.1, -0.05) is 71.1 Å². The number of aliphatic carboxylic acids is 2. The normalized spacial score (nSPS) is 12.2. The molecule has 0 saturated carbocycles.